The molecule has 0 spiro atoms. The number of rotatable bonds is 4. The third-order valence-electron chi connectivity index (χ3n) is 3.44. The van der Waals surface area contributed by atoms with Gasteiger partial charge < -0.3 is 11.1 Å². The molecule has 0 saturated heterocycles. The van der Waals surface area contributed by atoms with Crippen molar-refractivity contribution in [3.63, 3.8) is 0 Å². The van der Waals surface area contributed by atoms with Crippen molar-refractivity contribution in [2.75, 3.05) is 5.73 Å². The first-order valence-electron chi connectivity index (χ1n) is 7.07. The number of anilines is 1. The van der Waals surface area contributed by atoms with E-state index >= 15 is 0 Å². The van der Waals surface area contributed by atoms with Crippen molar-refractivity contribution in [1.29, 1.82) is 0 Å². The molecule has 0 aliphatic rings. The molecule has 0 aliphatic carbocycles. The molecule has 24 heavy (non-hydrogen) atoms. The van der Waals surface area contributed by atoms with Crippen LogP contribution in [0.25, 0.3) is 4.96 Å². The molecule has 0 fully saturated rings. The largest absolute Gasteiger partial charge is 0.374 e. The van der Waals surface area contributed by atoms with Crippen LogP contribution < -0.4 is 11.1 Å². The SMILES string of the molecule is Nc1nnc(C(NC(=O)c2cn3ccsc3n2)c2ccccc2)s1. The van der Waals surface area contributed by atoms with Gasteiger partial charge in [-0.15, -0.1) is 21.5 Å². The maximum Gasteiger partial charge on any atom is 0.272 e. The molecule has 1 unspecified atom stereocenters. The summed E-state index contributed by atoms with van der Waals surface area (Å²) < 4.78 is 1.82. The molecule has 9 heteroatoms. The summed E-state index contributed by atoms with van der Waals surface area (Å²) in [4.78, 5) is 17.7. The van der Waals surface area contributed by atoms with E-state index in [1.165, 1.54) is 22.7 Å². The first kappa shape index (κ1) is 14.8. The number of carbonyl (C=O) groups is 1. The number of carbonyl (C=O) groups excluding carboxylic acids is 1. The average molecular weight is 356 g/mol. The molecule has 0 aliphatic heterocycles. The fourth-order valence-corrected chi connectivity index (χ4v) is 3.73. The fraction of sp³-hybridized carbons (Fsp3) is 0.0667. The van der Waals surface area contributed by atoms with E-state index in [1.54, 1.807) is 6.20 Å². The normalized spacial score (nSPS) is 12.3. The van der Waals surface area contributed by atoms with Crippen LogP contribution in [0.5, 0.6) is 0 Å². The Hall–Kier alpha value is -2.78. The molecule has 1 amide bonds. The minimum absolute atomic E-state index is 0.270. The lowest BCUT2D eigenvalue weighted by molar-refractivity contribution is 0.0938. The fourth-order valence-electron chi connectivity index (χ4n) is 2.34. The van der Waals surface area contributed by atoms with Crippen LogP contribution in [0.1, 0.15) is 27.1 Å². The van der Waals surface area contributed by atoms with Gasteiger partial charge in [-0.2, -0.15) is 0 Å². The predicted octanol–water partition coefficient (Wildman–Crippen LogP) is 2.35. The number of hydrogen-bond acceptors (Lipinski definition) is 7. The zero-order chi connectivity index (χ0) is 16.5. The van der Waals surface area contributed by atoms with Crippen molar-refractivity contribution < 1.29 is 4.79 Å². The second kappa shape index (κ2) is 6.02. The van der Waals surface area contributed by atoms with Gasteiger partial charge in [-0.05, 0) is 5.56 Å². The van der Waals surface area contributed by atoms with Crippen molar-refractivity contribution in [2.24, 2.45) is 0 Å². The van der Waals surface area contributed by atoms with Crippen LogP contribution in [-0.2, 0) is 0 Å². The Labute approximate surface area is 144 Å². The number of imidazole rings is 1. The summed E-state index contributed by atoms with van der Waals surface area (Å²) in [6.45, 7) is 0. The van der Waals surface area contributed by atoms with Crippen molar-refractivity contribution >= 4 is 38.7 Å². The van der Waals surface area contributed by atoms with E-state index in [0.29, 0.717) is 15.8 Å². The van der Waals surface area contributed by atoms with Gasteiger partial charge in [0.2, 0.25) is 5.13 Å². The molecule has 3 heterocycles. The van der Waals surface area contributed by atoms with Gasteiger partial charge in [0.25, 0.3) is 5.91 Å². The van der Waals surface area contributed by atoms with Crippen LogP contribution >= 0.6 is 22.7 Å². The Morgan fingerprint density at radius 3 is 2.79 bits per heavy atom. The van der Waals surface area contributed by atoms with Gasteiger partial charge in [-0.3, -0.25) is 9.20 Å². The molecule has 3 N–H and O–H groups in total. The number of hydrogen-bond donors (Lipinski definition) is 2. The van der Waals surface area contributed by atoms with E-state index in [9.17, 15) is 4.79 Å². The Morgan fingerprint density at radius 2 is 2.08 bits per heavy atom. The molecule has 0 radical (unpaired) electrons. The number of aromatic nitrogens is 4. The third kappa shape index (κ3) is 2.74. The lowest BCUT2D eigenvalue weighted by Crippen LogP contribution is -2.29. The highest BCUT2D eigenvalue weighted by molar-refractivity contribution is 7.15. The Balaban J connectivity index is 1.66. The van der Waals surface area contributed by atoms with Crippen molar-refractivity contribution in [3.05, 3.63) is 64.4 Å². The monoisotopic (exact) mass is 356 g/mol. The number of nitrogen functional groups attached to an aromatic ring is 1. The molecule has 4 rings (SSSR count). The lowest BCUT2D eigenvalue weighted by atomic mass is 10.1. The minimum atomic E-state index is -0.423. The average Bonchev–Trinajstić information content (AvgIpc) is 3.29. The summed E-state index contributed by atoms with van der Waals surface area (Å²) in [5.41, 5.74) is 6.96. The molecule has 4 aromatic rings. The summed E-state index contributed by atoms with van der Waals surface area (Å²) in [7, 11) is 0. The van der Waals surface area contributed by atoms with Crippen molar-refractivity contribution in [2.45, 2.75) is 6.04 Å². The number of nitrogens with two attached hydrogens (primary N) is 1. The topological polar surface area (TPSA) is 98.2 Å². The Kier molecular flexibility index (Phi) is 3.71. The van der Waals surface area contributed by atoms with E-state index in [0.717, 1.165) is 10.5 Å². The molecule has 7 nitrogen and oxygen atoms in total. The highest BCUT2D eigenvalue weighted by Crippen LogP contribution is 2.26. The molecule has 0 saturated carbocycles. The van der Waals surface area contributed by atoms with Gasteiger partial charge >= 0.3 is 0 Å². The molecule has 3 aromatic heterocycles. The highest BCUT2D eigenvalue weighted by Gasteiger charge is 2.23. The maximum absolute atomic E-state index is 12.6. The van der Waals surface area contributed by atoms with Crippen molar-refractivity contribution in [3.8, 4) is 0 Å². The number of nitrogens with one attached hydrogen (secondary N) is 1. The van der Waals surface area contributed by atoms with E-state index in [2.05, 4.69) is 20.5 Å². The third-order valence-corrected chi connectivity index (χ3v) is 5.03. The van der Waals surface area contributed by atoms with Crippen LogP contribution in [0.15, 0.2) is 48.1 Å². The van der Waals surface area contributed by atoms with Crippen LogP contribution in [0.2, 0.25) is 0 Å². The number of benzene rings is 1. The van der Waals surface area contributed by atoms with E-state index in [-0.39, 0.29) is 5.91 Å². The van der Waals surface area contributed by atoms with Gasteiger partial charge in [0.15, 0.2) is 4.96 Å². The van der Waals surface area contributed by atoms with Gasteiger partial charge in [-0.25, -0.2) is 4.98 Å². The second-order valence-electron chi connectivity index (χ2n) is 5.01. The smallest absolute Gasteiger partial charge is 0.272 e. The Bertz CT molecular complexity index is 961. The van der Waals surface area contributed by atoms with Crippen LogP contribution in [0.3, 0.4) is 0 Å². The van der Waals surface area contributed by atoms with Crippen LogP contribution in [0.4, 0.5) is 5.13 Å². The quantitative estimate of drug-likeness (QED) is 0.585. The van der Waals surface area contributed by atoms with E-state index in [4.69, 9.17) is 5.73 Å². The van der Waals surface area contributed by atoms with E-state index in [1.807, 2.05) is 46.3 Å². The summed E-state index contributed by atoms with van der Waals surface area (Å²) in [6, 6.07) is 9.16. The van der Waals surface area contributed by atoms with Crippen LogP contribution in [-0.4, -0.2) is 25.5 Å². The number of fused-ring (bicyclic) bond motifs is 1. The molecule has 1 atom stereocenters. The van der Waals surface area contributed by atoms with Gasteiger partial charge in [0.05, 0.1) is 0 Å². The first-order valence-corrected chi connectivity index (χ1v) is 8.77. The van der Waals surface area contributed by atoms with Gasteiger partial charge in [0, 0.05) is 17.8 Å². The number of nitrogens with zero attached hydrogens (tertiary/aromatic N) is 4. The highest BCUT2D eigenvalue weighted by atomic mass is 32.1. The van der Waals surface area contributed by atoms with Gasteiger partial charge in [0.1, 0.15) is 16.7 Å². The minimum Gasteiger partial charge on any atom is -0.374 e. The first-order chi connectivity index (χ1) is 11.7. The Morgan fingerprint density at radius 1 is 1.25 bits per heavy atom. The zero-order valence-electron chi connectivity index (χ0n) is 12.3. The number of amides is 1. The summed E-state index contributed by atoms with van der Waals surface area (Å²) in [5.74, 6) is -0.270. The predicted molar refractivity (Wildman–Crippen MR) is 93.1 cm³/mol. The summed E-state index contributed by atoms with van der Waals surface area (Å²) in [6.07, 6.45) is 3.57. The molecular weight excluding hydrogens is 344 g/mol. The second-order valence-corrected chi connectivity index (χ2v) is 6.93. The molecule has 120 valence electrons. The standard InChI is InChI=1S/C15H12N6OS2/c16-14-20-19-13(24-14)11(9-4-2-1-3-5-9)18-12(22)10-8-21-6-7-23-15(21)17-10/h1-8,11H,(H2,16,20)(H,18,22). The summed E-state index contributed by atoms with van der Waals surface area (Å²) in [5, 5.41) is 13.8. The molecular formula is C15H12N6OS2. The zero-order valence-corrected chi connectivity index (χ0v) is 13.9. The molecule has 0 bridgehead atoms. The van der Waals surface area contributed by atoms with E-state index < -0.39 is 6.04 Å². The van der Waals surface area contributed by atoms with Crippen molar-refractivity contribution in [1.82, 2.24) is 24.9 Å². The number of thiazole rings is 1. The lowest BCUT2D eigenvalue weighted by Gasteiger charge is -2.15. The van der Waals surface area contributed by atoms with Gasteiger partial charge in [-0.1, -0.05) is 41.7 Å². The molecule has 1 aromatic carbocycles. The van der Waals surface area contributed by atoms with Crippen LogP contribution in [0, 0.1) is 0 Å². The maximum atomic E-state index is 12.6. The summed E-state index contributed by atoms with van der Waals surface area (Å²) >= 11 is 2.73.